The van der Waals surface area contributed by atoms with Crippen LogP contribution in [-0.4, -0.2) is 41.3 Å². The summed E-state index contributed by atoms with van der Waals surface area (Å²) in [5.74, 6) is -0.637. The normalized spacial score (nSPS) is 42.1. The molecule has 2 aliphatic heterocycles. The van der Waals surface area contributed by atoms with Gasteiger partial charge in [0, 0.05) is 13.1 Å². The molecule has 3 nitrogen and oxygen atoms in total. The number of fused-ring (bicyclic) bond motifs is 2. The number of aliphatic carboxylic acids is 1. The minimum Gasteiger partial charge on any atom is -0.481 e. The van der Waals surface area contributed by atoms with Crippen molar-refractivity contribution in [2.24, 2.45) is 5.92 Å². The summed E-state index contributed by atoms with van der Waals surface area (Å²) in [6, 6.07) is 0. The molecule has 3 atom stereocenters. The van der Waals surface area contributed by atoms with Crippen LogP contribution in [0.4, 0.5) is 4.39 Å². The maximum Gasteiger partial charge on any atom is 0.306 e. The number of hydrogen-bond acceptors (Lipinski definition) is 2. The summed E-state index contributed by atoms with van der Waals surface area (Å²) in [5.41, 5.74) is -1.45. The van der Waals surface area contributed by atoms with E-state index < -0.39 is 11.6 Å². The van der Waals surface area contributed by atoms with E-state index in [-0.39, 0.29) is 6.42 Å². The lowest BCUT2D eigenvalue weighted by molar-refractivity contribution is -0.140. The van der Waals surface area contributed by atoms with Crippen molar-refractivity contribution in [1.29, 1.82) is 0 Å². The topological polar surface area (TPSA) is 40.5 Å². The van der Waals surface area contributed by atoms with E-state index in [0.29, 0.717) is 18.8 Å². The van der Waals surface area contributed by atoms with Crippen LogP contribution in [-0.2, 0) is 4.79 Å². The number of carboxylic acids is 1. The Bertz CT molecular complexity index is 246. The van der Waals surface area contributed by atoms with Gasteiger partial charge >= 0.3 is 5.97 Å². The van der Waals surface area contributed by atoms with Crippen LogP contribution in [0.5, 0.6) is 0 Å². The summed E-state index contributed by atoms with van der Waals surface area (Å²) in [7, 11) is 0. The predicted molar refractivity (Wildman–Crippen MR) is 49.9 cm³/mol. The quantitative estimate of drug-likeness (QED) is 0.731. The van der Waals surface area contributed by atoms with E-state index in [9.17, 15) is 9.18 Å². The van der Waals surface area contributed by atoms with Gasteiger partial charge in [-0.1, -0.05) is 0 Å². The van der Waals surface area contributed by atoms with Crippen molar-refractivity contribution in [1.82, 2.24) is 4.90 Å². The van der Waals surface area contributed by atoms with Crippen LogP contribution in [0, 0.1) is 5.92 Å². The molecule has 0 saturated carbocycles. The highest BCUT2D eigenvalue weighted by Gasteiger charge is 2.40. The number of alkyl halides is 1. The summed E-state index contributed by atoms with van der Waals surface area (Å²) in [5, 5.41) is 8.64. The van der Waals surface area contributed by atoms with Crippen LogP contribution in [0.3, 0.4) is 0 Å². The molecule has 0 aromatic rings. The second-order valence-corrected chi connectivity index (χ2v) is 4.63. The van der Waals surface area contributed by atoms with E-state index in [0.717, 1.165) is 26.1 Å². The Kier molecular flexibility index (Phi) is 2.47. The van der Waals surface area contributed by atoms with Crippen molar-refractivity contribution < 1.29 is 14.3 Å². The van der Waals surface area contributed by atoms with Gasteiger partial charge < -0.3 is 10.0 Å². The number of carboxylic acid groups (broad SMARTS) is 1. The van der Waals surface area contributed by atoms with E-state index in [1.54, 1.807) is 0 Å². The van der Waals surface area contributed by atoms with Crippen molar-refractivity contribution in [2.75, 3.05) is 19.6 Å². The number of rotatable bonds is 2. The van der Waals surface area contributed by atoms with Gasteiger partial charge in [-0.3, -0.25) is 4.79 Å². The third-order valence-corrected chi connectivity index (χ3v) is 3.37. The molecule has 80 valence electrons. The predicted octanol–water partition coefficient (Wildman–Crippen LogP) is 1.29. The van der Waals surface area contributed by atoms with Gasteiger partial charge in [-0.25, -0.2) is 4.39 Å². The largest absolute Gasteiger partial charge is 0.481 e. The fraction of sp³-hybridized carbons (Fsp3) is 0.900. The Hall–Kier alpha value is -0.640. The molecule has 2 heterocycles. The van der Waals surface area contributed by atoms with Crippen molar-refractivity contribution >= 4 is 5.97 Å². The summed E-state index contributed by atoms with van der Waals surface area (Å²) >= 11 is 0. The maximum atomic E-state index is 14.1. The minimum atomic E-state index is -1.45. The van der Waals surface area contributed by atoms with Gasteiger partial charge in [0.2, 0.25) is 0 Å². The number of hydrogen-bond donors (Lipinski definition) is 1. The van der Waals surface area contributed by atoms with Gasteiger partial charge in [0.1, 0.15) is 5.67 Å². The zero-order valence-electron chi connectivity index (χ0n) is 8.21. The van der Waals surface area contributed by atoms with Gasteiger partial charge in [0.15, 0.2) is 0 Å². The smallest absolute Gasteiger partial charge is 0.306 e. The van der Waals surface area contributed by atoms with E-state index in [1.165, 1.54) is 0 Å². The molecular weight excluding hydrogens is 185 g/mol. The SMILES string of the molecule is O=C(O)CC1(F)CCN2CCC(C2)C1. The highest BCUT2D eigenvalue weighted by Crippen LogP contribution is 2.37. The van der Waals surface area contributed by atoms with Crippen LogP contribution < -0.4 is 0 Å². The van der Waals surface area contributed by atoms with Crippen molar-refractivity contribution in [3.63, 3.8) is 0 Å². The average molecular weight is 201 g/mol. The maximum absolute atomic E-state index is 14.1. The van der Waals surface area contributed by atoms with Crippen LogP contribution in [0.2, 0.25) is 0 Å². The lowest BCUT2D eigenvalue weighted by Gasteiger charge is -2.25. The van der Waals surface area contributed by atoms with Crippen molar-refractivity contribution in [3.05, 3.63) is 0 Å². The molecule has 4 heteroatoms. The first-order chi connectivity index (χ1) is 6.57. The molecular formula is C10H16FNO2. The van der Waals surface area contributed by atoms with Crippen molar-refractivity contribution in [3.8, 4) is 0 Å². The van der Waals surface area contributed by atoms with E-state index >= 15 is 0 Å². The Labute approximate surface area is 82.9 Å². The summed E-state index contributed by atoms with van der Waals surface area (Å²) in [4.78, 5) is 12.8. The first-order valence-corrected chi connectivity index (χ1v) is 5.20. The number of halogens is 1. The molecule has 0 aliphatic carbocycles. The number of nitrogens with zero attached hydrogens (tertiary/aromatic N) is 1. The molecule has 2 bridgehead atoms. The molecule has 0 spiro atoms. The average Bonchev–Trinajstić information content (AvgIpc) is 2.39. The lowest BCUT2D eigenvalue weighted by atomic mass is 9.87. The fourth-order valence-corrected chi connectivity index (χ4v) is 2.69. The Morgan fingerprint density at radius 1 is 1.57 bits per heavy atom. The van der Waals surface area contributed by atoms with Crippen LogP contribution in [0.15, 0.2) is 0 Å². The third-order valence-electron chi connectivity index (χ3n) is 3.37. The van der Waals surface area contributed by atoms with Gasteiger partial charge in [-0.05, 0) is 31.7 Å². The highest BCUT2D eigenvalue weighted by molar-refractivity contribution is 5.68. The van der Waals surface area contributed by atoms with E-state index in [4.69, 9.17) is 5.11 Å². The van der Waals surface area contributed by atoms with E-state index in [1.807, 2.05) is 0 Å². The molecule has 0 radical (unpaired) electrons. The summed E-state index contributed by atoms with van der Waals surface area (Å²) in [6.45, 7) is 2.75. The summed E-state index contributed by atoms with van der Waals surface area (Å²) < 4.78 is 14.1. The summed E-state index contributed by atoms with van der Waals surface area (Å²) in [6.07, 6.45) is 1.54. The van der Waals surface area contributed by atoms with E-state index in [2.05, 4.69) is 4.90 Å². The van der Waals surface area contributed by atoms with Gasteiger partial charge in [-0.2, -0.15) is 0 Å². The Balaban J connectivity index is 2.02. The molecule has 2 rings (SSSR count). The molecule has 2 saturated heterocycles. The van der Waals surface area contributed by atoms with Crippen LogP contribution >= 0.6 is 0 Å². The molecule has 2 aliphatic rings. The Morgan fingerprint density at radius 2 is 2.36 bits per heavy atom. The Morgan fingerprint density at radius 3 is 3.07 bits per heavy atom. The number of carbonyl (C=O) groups is 1. The molecule has 1 N–H and O–H groups in total. The second-order valence-electron chi connectivity index (χ2n) is 4.63. The van der Waals surface area contributed by atoms with Gasteiger partial charge in [-0.15, -0.1) is 0 Å². The van der Waals surface area contributed by atoms with Crippen LogP contribution in [0.25, 0.3) is 0 Å². The fourth-order valence-electron chi connectivity index (χ4n) is 2.69. The first-order valence-electron chi connectivity index (χ1n) is 5.20. The standard InChI is InChI=1S/C10H16FNO2/c11-10(6-9(13)14)2-4-12-3-1-8(5-10)7-12/h8H,1-7H2,(H,13,14). The van der Waals surface area contributed by atoms with Crippen LogP contribution in [0.1, 0.15) is 25.7 Å². The molecule has 0 aromatic heterocycles. The first kappa shape index (κ1) is 9.90. The van der Waals surface area contributed by atoms with Gasteiger partial charge in [0.05, 0.1) is 6.42 Å². The molecule has 0 aromatic carbocycles. The monoisotopic (exact) mass is 201 g/mol. The second kappa shape index (κ2) is 3.50. The molecule has 14 heavy (non-hydrogen) atoms. The minimum absolute atomic E-state index is 0.322. The zero-order chi connectivity index (χ0) is 10.2. The molecule has 2 fully saturated rings. The van der Waals surface area contributed by atoms with Crippen molar-refractivity contribution in [2.45, 2.75) is 31.4 Å². The third kappa shape index (κ3) is 2.05. The zero-order valence-corrected chi connectivity index (χ0v) is 8.21. The van der Waals surface area contributed by atoms with Gasteiger partial charge in [0.25, 0.3) is 0 Å². The molecule has 3 unspecified atom stereocenters. The highest BCUT2D eigenvalue weighted by atomic mass is 19.1. The lowest BCUT2D eigenvalue weighted by Crippen LogP contribution is -2.31. The molecule has 0 amide bonds.